The predicted octanol–water partition coefficient (Wildman–Crippen LogP) is 2.42. The molecule has 5 heteroatoms. The van der Waals surface area contributed by atoms with Gasteiger partial charge < -0.3 is 14.8 Å². The standard InChI is InChI=1S/C16H19N3O2/c1-11-8-12(2)19(18-11)9-13(20)10-21-16-5-3-4-15-14(16)6-7-17-15/h3-8,13,17,20H,9-10H2,1-2H3/t13-/m0/s1. The van der Waals surface area contributed by atoms with Crippen molar-refractivity contribution in [3.05, 3.63) is 47.9 Å². The second kappa shape index (κ2) is 5.61. The number of aryl methyl sites for hydroxylation is 2. The molecule has 110 valence electrons. The maximum Gasteiger partial charge on any atom is 0.128 e. The lowest BCUT2D eigenvalue weighted by atomic mass is 10.2. The zero-order chi connectivity index (χ0) is 14.8. The van der Waals surface area contributed by atoms with Crippen LogP contribution in [0.3, 0.4) is 0 Å². The molecule has 3 aromatic rings. The lowest BCUT2D eigenvalue weighted by Crippen LogP contribution is -2.24. The fourth-order valence-electron chi connectivity index (χ4n) is 2.48. The van der Waals surface area contributed by atoms with E-state index in [2.05, 4.69) is 10.1 Å². The van der Waals surface area contributed by atoms with Crippen LogP contribution in [0, 0.1) is 13.8 Å². The minimum Gasteiger partial charge on any atom is -0.490 e. The van der Waals surface area contributed by atoms with E-state index in [9.17, 15) is 5.11 Å². The van der Waals surface area contributed by atoms with Gasteiger partial charge in [0.05, 0.1) is 12.2 Å². The molecule has 0 aliphatic rings. The summed E-state index contributed by atoms with van der Waals surface area (Å²) in [6.07, 6.45) is 1.28. The van der Waals surface area contributed by atoms with Gasteiger partial charge in [-0.25, -0.2) is 0 Å². The van der Waals surface area contributed by atoms with Gasteiger partial charge in [0, 0.05) is 22.8 Å². The highest BCUT2D eigenvalue weighted by atomic mass is 16.5. The van der Waals surface area contributed by atoms with Crippen LogP contribution in [0.15, 0.2) is 36.5 Å². The van der Waals surface area contributed by atoms with Crippen LogP contribution in [-0.2, 0) is 6.54 Å². The first-order valence-electron chi connectivity index (χ1n) is 7.01. The van der Waals surface area contributed by atoms with E-state index in [0.717, 1.165) is 28.0 Å². The van der Waals surface area contributed by atoms with E-state index in [-0.39, 0.29) is 6.61 Å². The molecule has 0 aliphatic heterocycles. The summed E-state index contributed by atoms with van der Waals surface area (Å²) in [6.45, 7) is 4.60. The maximum absolute atomic E-state index is 10.1. The zero-order valence-corrected chi connectivity index (χ0v) is 12.2. The van der Waals surface area contributed by atoms with Crippen molar-refractivity contribution in [1.29, 1.82) is 0 Å². The number of nitrogens with one attached hydrogen (secondary N) is 1. The summed E-state index contributed by atoms with van der Waals surface area (Å²) < 4.78 is 7.55. The van der Waals surface area contributed by atoms with Gasteiger partial charge in [0.25, 0.3) is 0 Å². The smallest absolute Gasteiger partial charge is 0.128 e. The lowest BCUT2D eigenvalue weighted by molar-refractivity contribution is 0.0894. The molecule has 0 spiro atoms. The summed E-state index contributed by atoms with van der Waals surface area (Å²) >= 11 is 0. The molecule has 2 N–H and O–H groups in total. The third kappa shape index (κ3) is 2.92. The third-order valence-corrected chi connectivity index (χ3v) is 3.47. The Morgan fingerprint density at radius 1 is 1.33 bits per heavy atom. The van der Waals surface area contributed by atoms with Gasteiger partial charge in [-0.1, -0.05) is 6.07 Å². The van der Waals surface area contributed by atoms with Crippen molar-refractivity contribution >= 4 is 10.9 Å². The van der Waals surface area contributed by atoms with Crippen molar-refractivity contribution < 1.29 is 9.84 Å². The van der Waals surface area contributed by atoms with Crippen LogP contribution in [0.4, 0.5) is 0 Å². The molecule has 3 rings (SSSR count). The van der Waals surface area contributed by atoms with E-state index in [0.29, 0.717) is 6.54 Å². The number of H-pyrrole nitrogens is 1. The average Bonchev–Trinajstić information content (AvgIpc) is 3.03. The van der Waals surface area contributed by atoms with Gasteiger partial charge in [-0.3, -0.25) is 4.68 Å². The Kier molecular flexibility index (Phi) is 3.66. The molecule has 0 saturated carbocycles. The molecule has 0 bridgehead atoms. The number of hydrogen-bond acceptors (Lipinski definition) is 3. The van der Waals surface area contributed by atoms with Gasteiger partial charge in [0.15, 0.2) is 0 Å². The molecular formula is C16H19N3O2. The molecule has 1 aromatic carbocycles. The first-order chi connectivity index (χ1) is 10.1. The number of aromatic amines is 1. The third-order valence-electron chi connectivity index (χ3n) is 3.47. The summed E-state index contributed by atoms with van der Waals surface area (Å²) in [5.41, 5.74) is 3.03. The van der Waals surface area contributed by atoms with E-state index in [1.54, 1.807) is 4.68 Å². The van der Waals surface area contributed by atoms with Crippen molar-refractivity contribution in [2.75, 3.05) is 6.61 Å². The summed E-state index contributed by atoms with van der Waals surface area (Å²) in [5, 5.41) is 15.5. The number of benzene rings is 1. The predicted molar refractivity (Wildman–Crippen MR) is 81.5 cm³/mol. The normalized spacial score (nSPS) is 12.7. The van der Waals surface area contributed by atoms with Crippen LogP contribution < -0.4 is 4.74 Å². The molecule has 0 unspecified atom stereocenters. The number of hydrogen-bond donors (Lipinski definition) is 2. The quantitative estimate of drug-likeness (QED) is 0.756. The van der Waals surface area contributed by atoms with Gasteiger partial charge in [-0.2, -0.15) is 5.10 Å². The first-order valence-corrected chi connectivity index (χ1v) is 7.01. The van der Waals surface area contributed by atoms with E-state index in [1.165, 1.54) is 0 Å². The SMILES string of the molecule is Cc1cc(C)n(C[C@H](O)COc2cccc3[nH]ccc23)n1. The van der Waals surface area contributed by atoms with Gasteiger partial charge >= 0.3 is 0 Å². The summed E-state index contributed by atoms with van der Waals surface area (Å²) in [4.78, 5) is 3.14. The number of fused-ring (bicyclic) bond motifs is 1. The number of aromatic nitrogens is 3. The number of nitrogens with zero attached hydrogens (tertiary/aromatic N) is 2. The van der Waals surface area contributed by atoms with Crippen molar-refractivity contribution in [3.8, 4) is 5.75 Å². The second-order valence-corrected chi connectivity index (χ2v) is 5.27. The van der Waals surface area contributed by atoms with Crippen molar-refractivity contribution in [3.63, 3.8) is 0 Å². The molecule has 0 fully saturated rings. The highest BCUT2D eigenvalue weighted by Gasteiger charge is 2.11. The lowest BCUT2D eigenvalue weighted by Gasteiger charge is -2.14. The molecule has 1 atom stereocenters. The van der Waals surface area contributed by atoms with Crippen molar-refractivity contribution in [1.82, 2.24) is 14.8 Å². The Hall–Kier alpha value is -2.27. The Bertz CT molecular complexity index is 745. The topological polar surface area (TPSA) is 63.1 Å². The summed E-state index contributed by atoms with van der Waals surface area (Å²) in [6, 6.07) is 9.80. The zero-order valence-electron chi connectivity index (χ0n) is 12.2. The van der Waals surface area contributed by atoms with Gasteiger partial charge in [0.2, 0.25) is 0 Å². The molecular weight excluding hydrogens is 266 g/mol. The molecule has 2 aromatic heterocycles. The van der Waals surface area contributed by atoms with Crippen molar-refractivity contribution in [2.24, 2.45) is 0 Å². The Morgan fingerprint density at radius 3 is 2.95 bits per heavy atom. The second-order valence-electron chi connectivity index (χ2n) is 5.27. The Labute approximate surface area is 123 Å². The van der Waals surface area contributed by atoms with Crippen LogP contribution in [0.5, 0.6) is 5.75 Å². The van der Waals surface area contributed by atoms with Crippen LogP contribution in [-0.4, -0.2) is 32.6 Å². The first kappa shape index (κ1) is 13.7. The fourth-order valence-corrected chi connectivity index (χ4v) is 2.48. The van der Waals surface area contributed by atoms with Gasteiger partial charge in [-0.05, 0) is 38.1 Å². The highest BCUT2D eigenvalue weighted by Crippen LogP contribution is 2.24. The molecule has 2 heterocycles. The van der Waals surface area contributed by atoms with Crippen LogP contribution in [0.25, 0.3) is 10.9 Å². The Morgan fingerprint density at radius 2 is 2.19 bits per heavy atom. The summed E-state index contributed by atoms with van der Waals surface area (Å²) in [7, 11) is 0. The number of ether oxygens (including phenoxy) is 1. The van der Waals surface area contributed by atoms with Crippen LogP contribution in [0.2, 0.25) is 0 Å². The van der Waals surface area contributed by atoms with Gasteiger partial charge in [-0.15, -0.1) is 0 Å². The molecule has 0 saturated heterocycles. The average molecular weight is 285 g/mol. The maximum atomic E-state index is 10.1. The number of aliphatic hydroxyl groups is 1. The van der Waals surface area contributed by atoms with Crippen LogP contribution in [0.1, 0.15) is 11.4 Å². The molecule has 0 radical (unpaired) electrons. The van der Waals surface area contributed by atoms with Crippen molar-refractivity contribution in [2.45, 2.75) is 26.5 Å². The number of rotatable bonds is 5. The van der Waals surface area contributed by atoms with E-state index in [1.807, 2.05) is 50.4 Å². The fraction of sp³-hybridized carbons (Fsp3) is 0.312. The molecule has 5 nitrogen and oxygen atoms in total. The molecule has 0 amide bonds. The molecule has 21 heavy (non-hydrogen) atoms. The van der Waals surface area contributed by atoms with E-state index >= 15 is 0 Å². The minimum atomic E-state index is -0.600. The van der Waals surface area contributed by atoms with E-state index in [4.69, 9.17) is 4.74 Å². The number of aliphatic hydroxyl groups excluding tert-OH is 1. The van der Waals surface area contributed by atoms with E-state index < -0.39 is 6.10 Å². The monoisotopic (exact) mass is 285 g/mol. The Balaban J connectivity index is 1.64. The largest absolute Gasteiger partial charge is 0.490 e. The van der Waals surface area contributed by atoms with Crippen LogP contribution >= 0.6 is 0 Å². The van der Waals surface area contributed by atoms with Gasteiger partial charge in [0.1, 0.15) is 18.5 Å². The summed E-state index contributed by atoms with van der Waals surface area (Å²) in [5.74, 6) is 0.779. The minimum absolute atomic E-state index is 0.239. The molecule has 0 aliphatic carbocycles. The highest BCUT2D eigenvalue weighted by molar-refractivity contribution is 5.85.